The summed E-state index contributed by atoms with van der Waals surface area (Å²) in [5.41, 5.74) is 8.22. The lowest BCUT2D eigenvalue weighted by molar-refractivity contribution is -0.119. The standard InChI is InChI=1S/C17H17N2O2/c1-12(20)19-16(11-17(18)21)15-9-7-14(8-10-15)13-5-3-2-4-6-13/h2-10,16H,1,11H2,(H2,18,21)(H,19,20). The van der Waals surface area contributed by atoms with Crippen molar-refractivity contribution < 1.29 is 9.59 Å². The second kappa shape index (κ2) is 6.70. The van der Waals surface area contributed by atoms with E-state index in [4.69, 9.17) is 5.73 Å². The fraction of sp³-hybridized carbons (Fsp3) is 0.118. The van der Waals surface area contributed by atoms with Gasteiger partial charge in [0.25, 0.3) is 0 Å². The maximum Gasteiger partial charge on any atom is 0.221 e. The van der Waals surface area contributed by atoms with Crippen LogP contribution in [0.25, 0.3) is 11.1 Å². The topological polar surface area (TPSA) is 72.2 Å². The van der Waals surface area contributed by atoms with Gasteiger partial charge in [-0.1, -0.05) is 54.6 Å². The van der Waals surface area contributed by atoms with Gasteiger partial charge in [-0.2, -0.15) is 0 Å². The monoisotopic (exact) mass is 281 g/mol. The summed E-state index contributed by atoms with van der Waals surface area (Å²) < 4.78 is 0. The summed E-state index contributed by atoms with van der Waals surface area (Å²) in [4.78, 5) is 22.2. The fourth-order valence-electron chi connectivity index (χ4n) is 2.19. The molecule has 2 aromatic carbocycles. The second-order valence-electron chi connectivity index (χ2n) is 4.78. The molecule has 0 spiro atoms. The zero-order valence-corrected chi connectivity index (χ0v) is 11.6. The minimum Gasteiger partial charge on any atom is -0.370 e. The Hall–Kier alpha value is -2.62. The van der Waals surface area contributed by atoms with Gasteiger partial charge in [-0.05, 0) is 16.7 Å². The lowest BCUT2D eigenvalue weighted by atomic mass is 9.99. The maximum atomic E-state index is 11.1. The molecule has 2 aromatic rings. The van der Waals surface area contributed by atoms with Crippen LogP contribution >= 0.6 is 0 Å². The van der Waals surface area contributed by atoms with Gasteiger partial charge in [0.05, 0.1) is 12.5 Å². The molecule has 0 aliphatic heterocycles. The largest absolute Gasteiger partial charge is 0.370 e. The number of benzene rings is 2. The van der Waals surface area contributed by atoms with Crippen LogP contribution in [0.2, 0.25) is 0 Å². The number of hydrogen-bond acceptors (Lipinski definition) is 2. The lowest BCUT2D eigenvalue weighted by Crippen LogP contribution is -2.30. The predicted octanol–water partition coefficient (Wildman–Crippen LogP) is 2.22. The van der Waals surface area contributed by atoms with Crippen molar-refractivity contribution in [2.24, 2.45) is 5.73 Å². The molecule has 1 radical (unpaired) electrons. The third kappa shape index (κ3) is 4.18. The molecule has 0 aliphatic rings. The molecule has 3 N–H and O–H groups in total. The minimum absolute atomic E-state index is 0.0476. The lowest BCUT2D eigenvalue weighted by Gasteiger charge is -2.17. The van der Waals surface area contributed by atoms with Gasteiger partial charge in [-0.25, -0.2) is 0 Å². The van der Waals surface area contributed by atoms with E-state index in [0.29, 0.717) is 0 Å². The highest BCUT2D eigenvalue weighted by molar-refractivity contribution is 5.82. The highest BCUT2D eigenvalue weighted by Crippen LogP contribution is 2.23. The number of carbonyl (C=O) groups is 2. The van der Waals surface area contributed by atoms with E-state index in [1.165, 1.54) is 0 Å². The quantitative estimate of drug-likeness (QED) is 0.882. The number of hydrogen-bond donors (Lipinski definition) is 2. The summed E-state index contributed by atoms with van der Waals surface area (Å²) in [5, 5.41) is 2.64. The van der Waals surface area contributed by atoms with Crippen LogP contribution in [0, 0.1) is 6.92 Å². The Kier molecular flexibility index (Phi) is 4.72. The van der Waals surface area contributed by atoms with Crippen LogP contribution in [0.15, 0.2) is 54.6 Å². The Bertz CT molecular complexity index is 605. The number of carbonyl (C=O) groups excluding carboxylic acids is 2. The van der Waals surface area contributed by atoms with Crippen LogP contribution in [0.1, 0.15) is 18.0 Å². The van der Waals surface area contributed by atoms with Crippen LogP contribution in [0.5, 0.6) is 0 Å². The first-order valence-electron chi connectivity index (χ1n) is 6.62. The summed E-state index contributed by atoms with van der Waals surface area (Å²) in [6.45, 7) is 3.27. The second-order valence-corrected chi connectivity index (χ2v) is 4.78. The predicted molar refractivity (Wildman–Crippen MR) is 81.9 cm³/mol. The third-order valence-electron chi connectivity index (χ3n) is 3.16. The van der Waals surface area contributed by atoms with E-state index in [1.807, 2.05) is 54.6 Å². The highest BCUT2D eigenvalue weighted by atomic mass is 16.2. The molecule has 107 valence electrons. The molecule has 4 heteroatoms. The summed E-state index contributed by atoms with van der Waals surface area (Å²) in [6.07, 6.45) is 0.0476. The van der Waals surface area contributed by atoms with E-state index in [0.717, 1.165) is 16.7 Å². The summed E-state index contributed by atoms with van der Waals surface area (Å²) in [5.74, 6) is -0.908. The van der Waals surface area contributed by atoms with Gasteiger partial charge in [0.1, 0.15) is 0 Å². The van der Waals surface area contributed by atoms with E-state index >= 15 is 0 Å². The van der Waals surface area contributed by atoms with Gasteiger partial charge < -0.3 is 11.1 Å². The first kappa shape index (κ1) is 14.8. The van der Waals surface area contributed by atoms with Gasteiger partial charge in [0, 0.05) is 6.92 Å². The van der Waals surface area contributed by atoms with E-state index in [1.54, 1.807) is 0 Å². The molecule has 0 heterocycles. The highest BCUT2D eigenvalue weighted by Gasteiger charge is 2.15. The van der Waals surface area contributed by atoms with Crippen molar-refractivity contribution in [3.8, 4) is 11.1 Å². The first-order chi connectivity index (χ1) is 10.1. The molecule has 2 rings (SSSR count). The van der Waals surface area contributed by atoms with Gasteiger partial charge in [-0.3, -0.25) is 9.59 Å². The molecule has 0 bridgehead atoms. The van der Waals surface area contributed by atoms with Crippen molar-refractivity contribution in [3.05, 3.63) is 67.1 Å². The van der Waals surface area contributed by atoms with Crippen LogP contribution < -0.4 is 11.1 Å². The summed E-state index contributed by atoms with van der Waals surface area (Å²) >= 11 is 0. The number of primary amides is 1. The molecule has 21 heavy (non-hydrogen) atoms. The van der Waals surface area contributed by atoms with Crippen LogP contribution in [0.4, 0.5) is 0 Å². The molecule has 4 nitrogen and oxygen atoms in total. The van der Waals surface area contributed by atoms with Gasteiger partial charge >= 0.3 is 0 Å². The van der Waals surface area contributed by atoms with Crippen molar-refractivity contribution in [1.29, 1.82) is 0 Å². The molecular formula is C17H17N2O2. The Morgan fingerprint density at radius 2 is 1.57 bits per heavy atom. The van der Waals surface area contributed by atoms with Crippen molar-refractivity contribution >= 4 is 11.8 Å². The SMILES string of the molecule is [CH2]C(=O)NC(CC(N)=O)c1ccc(-c2ccccc2)cc1. The van der Waals surface area contributed by atoms with Crippen molar-refractivity contribution in [2.45, 2.75) is 12.5 Å². The Balaban J connectivity index is 2.22. The Morgan fingerprint density at radius 3 is 2.10 bits per heavy atom. The van der Waals surface area contributed by atoms with Crippen LogP contribution in [0.3, 0.4) is 0 Å². The van der Waals surface area contributed by atoms with E-state index in [2.05, 4.69) is 12.2 Å². The smallest absolute Gasteiger partial charge is 0.221 e. The van der Waals surface area contributed by atoms with Crippen molar-refractivity contribution in [3.63, 3.8) is 0 Å². The summed E-state index contributed by atoms with van der Waals surface area (Å²) in [7, 11) is 0. The minimum atomic E-state index is -0.471. The average Bonchev–Trinajstić information content (AvgIpc) is 2.47. The number of rotatable bonds is 5. The van der Waals surface area contributed by atoms with E-state index < -0.39 is 17.9 Å². The average molecular weight is 281 g/mol. The molecule has 1 atom stereocenters. The molecule has 0 saturated carbocycles. The summed E-state index contributed by atoms with van der Waals surface area (Å²) in [6, 6.07) is 17.2. The molecule has 1 unspecified atom stereocenters. The van der Waals surface area contributed by atoms with Crippen molar-refractivity contribution in [1.82, 2.24) is 5.32 Å². The molecule has 0 aliphatic carbocycles. The third-order valence-corrected chi connectivity index (χ3v) is 3.16. The Labute approximate surface area is 124 Å². The van der Waals surface area contributed by atoms with Gasteiger partial charge in [-0.15, -0.1) is 0 Å². The first-order valence-corrected chi connectivity index (χ1v) is 6.62. The zero-order valence-electron chi connectivity index (χ0n) is 11.6. The number of amides is 2. The fourth-order valence-corrected chi connectivity index (χ4v) is 2.19. The van der Waals surface area contributed by atoms with E-state index in [-0.39, 0.29) is 6.42 Å². The molecule has 0 aromatic heterocycles. The normalized spacial score (nSPS) is 11.7. The molecule has 2 amide bonds. The molecule has 0 fully saturated rings. The van der Waals surface area contributed by atoms with Crippen molar-refractivity contribution in [2.75, 3.05) is 0 Å². The Morgan fingerprint density at radius 1 is 1.00 bits per heavy atom. The molecule has 0 saturated heterocycles. The maximum absolute atomic E-state index is 11.1. The van der Waals surface area contributed by atoms with Gasteiger partial charge in [0.2, 0.25) is 11.8 Å². The number of nitrogens with two attached hydrogens (primary N) is 1. The van der Waals surface area contributed by atoms with Crippen LogP contribution in [-0.4, -0.2) is 11.8 Å². The van der Waals surface area contributed by atoms with E-state index in [9.17, 15) is 9.59 Å². The number of nitrogens with one attached hydrogen (secondary N) is 1. The zero-order chi connectivity index (χ0) is 15.2. The van der Waals surface area contributed by atoms with Gasteiger partial charge in [0.15, 0.2) is 0 Å². The molecular weight excluding hydrogens is 264 g/mol. The van der Waals surface area contributed by atoms with Crippen LogP contribution in [-0.2, 0) is 9.59 Å².